The highest BCUT2D eigenvalue weighted by atomic mass is 32.2. The second-order valence-corrected chi connectivity index (χ2v) is 6.66. The molecule has 116 valence electrons. The van der Waals surface area contributed by atoms with E-state index < -0.39 is 39.5 Å². The largest absolute Gasteiger partial charge is 0.354 e. The van der Waals surface area contributed by atoms with Gasteiger partial charge < -0.3 is 10.2 Å². The van der Waals surface area contributed by atoms with Gasteiger partial charge in [0, 0.05) is 17.4 Å². The normalized spacial score (nSPS) is 14.2. The number of carbonyl (C=O) groups excluding carboxylic acids is 1. The van der Waals surface area contributed by atoms with Crippen molar-refractivity contribution in [3.05, 3.63) is 24.0 Å². The molecule has 10 heteroatoms. The lowest BCUT2D eigenvalue weighted by atomic mass is 10.3. The molecule has 0 fully saturated rings. The maximum absolute atomic E-state index is 11.3. The Labute approximate surface area is 120 Å². The number of nitrogens with one attached hydrogen (secondary N) is 1. The van der Waals surface area contributed by atoms with E-state index in [0.717, 1.165) is 10.8 Å². The predicted octanol–water partition coefficient (Wildman–Crippen LogP) is -0.866. The maximum atomic E-state index is 11.3. The fourth-order valence-corrected chi connectivity index (χ4v) is 2.32. The van der Waals surface area contributed by atoms with E-state index in [1.54, 1.807) is 0 Å². The van der Waals surface area contributed by atoms with Crippen LogP contribution in [-0.2, 0) is 34.7 Å². The molecule has 8 nitrogen and oxygen atoms in total. The zero-order chi connectivity index (χ0) is 15.6. The Morgan fingerprint density at radius 1 is 1.45 bits per heavy atom. The lowest BCUT2D eigenvalue weighted by molar-refractivity contribution is -0.122. The molecule has 0 aromatic carbocycles. The summed E-state index contributed by atoms with van der Waals surface area (Å²) >= 11 is -1.71. The smallest absolute Gasteiger partial charge is 0.247 e. The summed E-state index contributed by atoms with van der Waals surface area (Å²) in [4.78, 5) is 15.8. The minimum atomic E-state index is -3.44. The van der Waals surface area contributed by atoms with E-state index in [2.05, 4.69) is 27.5 Å². The van der Waals surface area contributed by atoms with Gasteiger partial charge in [-0.1, -0.05) is 13.2 Å². The standard InChI is InChI=1S/C10H18N2O6S2/c1-3-19(14)17-7-10(13)12-6-5-9(18-11)8-20(15,16)4-2/h3-4,9H,1-2,5-8,11H2,(H,12,13). The number of rotatable bonds is 11. The molecule has 0 aliphatic carbocycles. The third-order valence-electron chi connectivity index (χ3n) is 2.10. The monoisotopic (exact) mass is 326 g/mol. The summed E-state index contributed by atoms with van der Waals surface area (Å²) in [7, 11) is -3.44. The third-order valence-corrected chi connectivity index (χ3v) is 4.06. The minimum Gasteiger partial charge on any atom is -0.354 e. The van der Waals surface area contributed by atoms with Gasteiger partial charge in [0.1, 0.15) is 6.61 Å². The van der Waals surface area contributed by atoms with Gasteiger partial charge in [-0.3, -0.25) is 8.98 Å². The predicted molar refractivity (Wildman–Crippen MR) is 75.0 cm³/mol. The molecule has 3 N–H and O–H groups in total. The van der Waals surface area contributed by atoms with Crippen molar-refractivity contribution >= 4 is 26.8 Å². The quantitative estimate of drug-likeness (QED) is 0.473. The SMILES string of the molecule is C=CS(=O)OCC(=O)NCCC(CS(=O)(=O)C=C)ON. The number of hydrogen-bond donors (Lipinski definition) is 2. The van der Waals surface area contributed by atoms with Gasteiger partial charge in [0.25, 0.3) is 0 Å². The van der Waals surface area contributed by atoms with E-state index in [1.165, 1.54) is 0 Å². The highest BCUT2D eigenvalue weighted by Crippen LogP contribution is 2.02. The van der Waals surface area contributed by atoms with Crippen LogP contribution in [0.1, 0.15) is 6.42 Å². The molecule has 0 heterocycles. The van der Waals surface area contributed by atoms with Gasteiger partial charge >= 0.3 is 0 Å². The summed E-state index contributed by atoms with van der Waals surface area (Å²) in [6, 6.07) is 0. The molecule has 20 heavy (non-hydrogen) atoms. The van der Waals surface area contributed by atoms with Gasteiger partial charge in [0.05, 0.1) is 11.9 Å². The van der Waals surface area contributed by atoms with Crippen LogP contribution >= 0.6 is 0 Å². The molecule has 2 unspecified atom stereocenters. The van der Waals surface area contributed by atoms with Crippen LogP contribution < -0.4 is 11.2 Å². The van der Waals surface area contributed by atoms with E-state index in [1.807, 2.05) is 0 Å². The Hall–Kier alpha value is -1.07. The lowest BCUT2D eigenvalue weighted by Crippen LogP contribution is -2.34. The number of nitrogens with two attached hydrogens (primary N) is 1. The summed E-state index contributed by atoms with van der Waals surface area (Å²) in [5.41, 5.74) is 0. The van der Waals surface area contributed by atoms with Crippen molar-refractivity contribution in [2.75, 3.05) is 18.9 Å². The van der Waals surface area contributed by atoms with Crippen molar-refractivity contribution in [3.8, 4) is 0 Å². The summed E-state index contributed by atoms with van der Waals surface area (Å²) in [5, 5.41) is 4.30. The van der Waals surface area contributed by atoms with Gasteiger partial charge in [0.15, 0.2) is 20.9 Å². The molecular formula is C10H18N2O6S2. The van der Waals surface area contributed by atoms with Crippen LogP contribution in [0.25, 0.3) is 0 Å². The van der Waals surface area contributed by atoms with Gasteiger partial charge in [-0.2, -0.15) is 0 Å². The average Bonchev–Trinajstić information content (AvgIpc) is 2.43. The zero-order valence-electron chi connectivity index (χ0n) is 10.8. The highest BCUT2D eigenvalue weighted by molar-refractivity contribution is 7.94. The van der Waals surface area contributed by atoms with E-state index in [0.29, 0.717) is 0 Å². The van der Waals surface area contributed by atoms with Crippen molar-refractivity contribution in [1.29, 1.82) is 0 Å². The van der Waals surface area contributed by atoms with E-state index in [9.17, 15) is 17.4 Å². The molecule has 0 aromatic heterocycles. The number of sulfone groups is 1. The lowest BCUT2D eigenvalue weighted by Gasteiger charge is -2.13. The molecule has 0 saturated carbocycles. The first-order chi connectivity index (χ1) is 9.34. The van der Waals surface area contributed by atoms with Gasteiger partial charge in [0.2, 0.25) is 5.91 Å². The Morgan fingerprint density at radius 2 is 2.10 bits per heavy atom. The number of amides is 1. The Balaban J connectivity index is 4.02. The second-order valence-electron chi connectivity index (χ2n) is 3.58. The summed E-state index contributed by atoms with van der Waals surface area (Å²) in [6.45, 7) is 6.14. The van der Waals surface area contributed by atoms with Crippen molar-refractivity contribution in [1.82, 2.24) is 5.32 Å². The molecule has 0 rings (SSSR count). The number of hydrogen-bond acceptors (Lipinski definition) is 7. The van der Waals surface area contributed by atoms with Crippen LogP contribution in [0, 0.1) is 0 Å². The van der Waals surface area contributed by atoms with Gasteiger partial charge in [-0.15, -0.1) is 0 Å². The Kier molecular flexibility index (Phi) is 9.25. The molecule has 0 spiro atoms. The molecule has 2 atom stereocenters. The molecule has 0 saturated heterocycles. The van der Waals surface area contributed by atoms with Crippen LogP contribution in [0.4, 0.5) is 0 Å². The first-order valence-electron chi connectivity index (χ1n) is 5.48. The summed E-state index contributed by atoms with van der Waals surface area (Å²) in [5.74, 6) is 4.16. The van der Waals surface area contributed by atoms with E-state index in [-0.39, 0.29) is 18.7 Å². The van der Waals surface area contributed by atoms with Crippen LogP contribution in [-0.4, -0.2) is 43.5 Å². The van der Waals surface area contributed by atoms with Crippen LogP contribution in [0.15, 0.2) is 24.0 Å². The molecule has 0 aliphatic heterocycles. The molecule has 0 aromatic rings. The van der Waals surface area contributed by atoms with Crippen LogP contribution in [0.5, 0.6) is 0 Å². The molecular weight excluding hydrogens is 308 g/mol. The van der Waals surface area contributed by atoms with Gasteiger partial charge in [-0.05, 0) is 6.42 Å². The summed E-state index contributed by atoms with van der Waals surface area (Å²) < 4.78 is 38.0. The van der Waals surface area contributed by atoms with Crippen LogP contribution in [0.2, 0.25) is 0 Å². The van der Waals surface area contributed by atoms with Gasteiger partial charge in [-0.25, -0.2) is 18.5 Å². The fourth-order valence-electron chi connectivity index (χ4n) is 1.10. The topological polar surface area (TPSA) is 125 Å². The molecule has 0 radical (unpaired) electrons. The van der Waals surface area contributed by atoms with Crippen molar-refractivity contribution in [3.63, 3.8) is 0 Å². The molecule has 0 bridgehead atoms. The van der Waals surface area contributed by atoms with Crippen LogP contribution in [0.3, 0.4) is 0 Å². The molecule has 1 amide bonds. The Morgan fingerprint density at radius 3 is 2.60 bits per heavy atom. The van der Waals surface area contributed by atoms with Crippen molar-refractivity contribution < 1.29 is 26.4 Å². The second kappa shape index (κ2) is 9.77. The number of carbonyl (C=O) groups is 1. The third kappa shape index (κ3) is 8.93. The van der Waals surface area contributed by atoms with E-state index >= 15 is 0 Å². The van der Waals surface area contributed by atoms with Crippen molar-refractivity contribution in [2.45, 2.75) is 12.5 Å². The highest BCUT2D eigenvalue weighted by Gasteiger charge is 2.17. The van der Waals surface area contributed by atoms with Crippen molar-refractivity contribution in [2.24, 2.45) is 5.90 Å². The minimum absolute atomic E-state index is 0.136. The summed E-state index contributed by atoms with van der Waals surface area (Å²) in [6.07, 6.45) is -0.568. The van der Waals surface area contributed by atoms with E-state index in [4.69, 9.17) is 5.90 Å². The fraction of sp³-hybridized carbons (Fsp3) is 0.500. The zero-order valence-corrected chi connectivity index (χ0v) is 12.5. The molecule has 0 aliphatic rings. The first kappa shape index (κ1) is 18.9. The average molecular weight is 326 g/mol. The first-order valence-corrected chi connectivity index (χ1v) is 8.33. The Bertz CT molecular complexity index is 462. The maximum Gasteiger partial charge on any atom is 0.247 e.